The molecule has 0 saturated carbocycles. The number of benzene rings is 2. The second-order valence-corrected chi connectivity index (χ2v) is 9.06. The lowest BCUT2D eigenvalue weighted by atomic mass is 10.1. The molecule has 0 aliphatic carbocycles. The van der Waals surface area contributed by atoms with Crippen LogP contribution in [0, 0.1) is 0 Å². The lowest BCUT2D eigenvalue weighted by molar-refractivity contribution is -0.119. The van der Waals surface area contributed by atoms with Crippen molar-refractivity contribution in [1.29, 1.82) is 0 Å². The van der Waals surface area contributed by atoms with Crippen molar-refractivity contribution in [2.45, 2.75) is 18.0 Å². The van der Waals surface area contributed by atoms with Crippen LogP contribution >= 0.6 is 23.1 Å². The predicted octanol–water partition coefficient (Wildman–Crippen LogP) is 5.06. The van der Waals surface area contributed by atoms with Crippen molar-refractivity contribution in [3.05, 3.63) is 66.5 Å². The van der Waals surface area contributed by atoms with Crippen molar-refractivity contribution in [3.8, 4) is 21.9 Å². The molecule has 4 aromatic rings. The molecule has 1 N–H and O–H groups in total. The number of thiophene rings is 1. The first kappa shape index (κ1) is 19.8. The highest BCUT2D eigenvalue weighted by Crippen LogP contribution is 2.36. The van der Waals surface area contributed by atoms with E-state index in [0.717, 1.165) is 37.0 Å². The number of hydrogen-bond acceptors (Lipinski definition) is 7. The molecule has 8 heteroatoms. The van der Waals surface area contributed by atoms with Crippen LogP contribution in [0.25, 0.3) is 20.7 Å². The van der Waals surface area contributed by atoms with Crippen LogP contribution in [0.4, 0.5) is 0 Å². The zero-order valence-electron chi connectivity index (χ0n) is 16.7. The van der Waals surface area contributed by atoms with E-state index in [0.29, 0.717) is 5.75 Å². The Labute approximate surface area is 187 Å². The number of carbonyl (C=O) groups excluding carboxylic acids is 1. The first-order chi connectivity index (χ1) is 15.2. The predicted molar refractivity (Wildman–Crippen MR) is 123 cm³/mol. The van der Waals surface area contributed by atoms with Gasteiger partial charge in [-0.25, -0.2) is 9.97 Å². The number of thioether (sulfide) groups is 1. The number of amides is 1. The molecule has 6 nitrogen and oxygen atoms in total. The van der Waals surface area contributed by atoms with Gasteiger partial charge in [-0.3, -0.25) is 4.79 Å². The van der Waals surface area contributed by atoms with Crippen LogP contribution < -0.4 is 14.8 Å². The molecule has 2 aromatic carbocycles. The standard InChI is InChI=1S/C23H19N3O3S2/c1-14(16-7-8-18-19(9-16)29-13-28-18)26-21(27)11-30-22-17-10-20(15-5-3-2-4-6-15)31-23(17)25-12-24-22/h2-10,12,14H,11,13H2,1H3,(H,26,27)/t14-/m1/s1. The van der Waals surface area contributed by atoms with Gasteiger partial charge in [0.25, 0.3) is 0 Å². The number of carbonyl (C=O) groups is 1. The third kappa shape index (κ3) is 4.22. The van der Waals surface area contributed by atoms with E-state index in [1.54, 1.807) is 17.7 Å². The minimum atomic E-state index is -0.140. The summed E-state index contributed by atoms with van der Waals surface area (Å²) in [5, 5.41) is 4.83. The van der Waals surface area contributed by atoms with E-state index < -0.39 is 0 Å². The van der Waals surface area contributed by atoms with E-state index in [9.17, 15) is 4.79 Å². The molecule has 1 aliphatic heterocycles. The van der Waals surface area contributed by atoms with Crippen molar-refractivity contribution >= 4 is 39.2 Å². The Balaban J connectivity index is 1.26. The summed E-state index contributed by atoms with van der Waals surface area (Å²) in [5.74, 6) is 1.66. The molecule has 0 bridgehead atoms. The van der Waals surface area contributed by atoms with Crippen LogP contribution in [-0.2, 0) is 4.79 Å². The molecule has 1 aliphatic rings. The molecule has 0 unspecified atom stereocenters. The van der Waals surface area contributed by atoms with Crippen molar-refractivity contribution in [3.63, 3.8) is 0 Å². The number of ether oxygens (including phenoxy) is 2. The van der Waals surface area contributed by atoms with Gasteiger partial charge in [0.15, 0.2) is 11.5 Å². The molecule has 31 heavy (non-hydrogen) atoms. The van der Waals surface area contributed by atoms with Gasteiger partial charge in [-0.2, -0.15) is 0 Å². The Morgan fingerprint density at radius 2 is 1.97 bits per heavy atom. The van der Waals surface area contributed by atoms with Crippen molar-refractivity contribution in [2.24, 2.45) is 0 Å². The van der Waals surface area contributed by atoms with Gasteiger partial charge in [0.1, 0.15) is 16.2 Å². The second-order valence-electron chi connectivity index (χ2n) is 7.06. The molecule has 0 saturated heterocycles. The maximum absolute atomic E-state index is 12.6. The quantitative estimate of drug-likeness (QED) is 0.328. The van der Waals surface area contributed by atoms with E-state index in [1.165, 1.54) is 11.8 Å². The molecule has 3 heterocycles. The summed E-state index contributed by atoms with van der Waals surface area (Å²) in [4.78, 5) is 23.4. The molecule has 156 valence electrons. The molecule has 0 fully saturated rings. The SMILES string of the molecule is C[C@@H](NC(=O)CSc1ncnc2sc(-c3ccccc3)cc12)c1ccc2c(c1)OCO2. The van der Waals surface area contributed by atoms with Crippen molar-refractivity contribution in [2.75, 3.05) is 12.5 Å². The summed E-state index contributed by atoms with van der Waals surface area (Å²) < 4.78 is 10.8. The maximum Gasteiger partial charge on any atom is 0.231 e. The maximum atomic E-state index is 12.6. The Hall–Kier alpha value is -3.10. The zero-order valence-corrected chi connectivity index (χ0v) is 18.3. The average Bonchev–Trinajstić information content (AvgIpc) is 3.44. The fraction of sp³-hybridized carbons (Fsp3) is 0.174. The normalized spacial score (nSPS) is 13.3. The van der Waals surface area contributed by atoms with Crippen LogP contribution in [0.5, 0.6) is 11.5 Å². The largest absolute Gasteiger partial charge is 0.454 e. The van der Waals surface area contributed by atoms with Crippen LogP contribution in [0.15, 0.2) is 66.0 Å². The molecule has 1 amide bonds. The molecule has 5 rings (SSSR count). The third-order valence-electron chi connectivity index (χ3n) is 4.97. The number of nitrogens with one attached hydrogen (secondary N) is 1. The highest BCUT2D eigenvalue weighted by Gasteiger charge is 2.17. The van der Waals surface area contributed by atoms with E-state index in [-0.39, 0.29) is 24.5 Å². The summed E-state index contributed by atoms with van der Waals surface area (Å²) in [6.45, 7) is 2.19. The lowest BCUT2D eigenvalue weighted by Gasteiger charge is -2.14. The van der Waals surface area contributed by atoms with E-state index in [2.05, 4.69) is 33.5 Å². The average molecular weight is 450 g/mol. The molecular weight excluding hydrogens is 430 g/mol. The Morgan fingerprint density at radius 3 is 2.84 bits per heavy atom. The van der Waals surface area contributed by atoms with E-state index in [1.807, 2.05) is 43.3 Å². The Morgan fingerprint density at radius 1 is 1.13 bits per heavy atom. The minimum Gasteiger partial charge on any atom is -0.454 e. The van der Waals surface area contributed by atoms with Gasteiger partial charge in [0.2, 0.25) is 12.7 Å². The lowest BCUT2D eigenvalue weighted by Crippen LogP contribution is -2.28. The number of nitrogens with zero attached hydrogens (tertiary/aromatic N) is 2. The fourth-order valence-corrected chi connectivity index (χ4v) is 5.23. The van der Waals surface area contributed by atoms with Gasteiger partial charge in [-0.15, -0.1) is 11.3 Å². The highest BCUT2D eigenvalue weighted by atomic mass is 32.2. The smallest absolute Gasteiger partial charge is 0.231 e. The van der Waals surface area contributed by atoms with Gasteiger partial charge < -0.3 is 14.8 Å². The topological polar surface area (TPSA) is 73.3 Å². The highest BCUT2D eigenvalue weighted by molar-refractivity contribution is 8.00. The summed E-state index contributed by atoms with van der Waals surface area (Å²) >= 11 is 3.05. The molecule has 2 aromatic heterocycles. The summed E-state index contributed by atoms with van der Waals surface area (Å²) in [7, 11) is 0. The summed E-state index contributed by atoms with van der Waals surface area (Å²) in [5.41, 5.74) is 2.12. The minimum absolute atomic E-state index is 0.0551. The molecule has 0 radical (unpaired) electrons. The van der Waals surface area contributed by atoms with Crippen molar-refractivity contribution in [1.82, 2.24) is 15.3 Å². The van der Waals surface area contributed by atoms with Crippen LogP contribution in [0.3, 0.4) is 0 Å². The first-order valence-electron chi connectivity index (χ1n) is 9.79. The van der Waals surface area contributed by atoms with Crippen LogP contribution in [0.1, 0.15) is 18.5 Å². The second kappa shape index (κ2) is 8.56. The monoisotopic (exact) mass is 449 g/mol. The van der Waals surface area contributed by atoms with E-state index in [4.69, 9.17) is 9.47 Å². The van der Waals surface area contributed by atoms with Gasteiger partial charge >= 0.3 is 0 Å². The molecule has 1 atom stereocenters. The summed E-state index contributed by atoms with van der Waals surface area (Å²) in [6.07, 6.45) is 1.56. The zero-order chi connectivity index (χ0) is 21.2. The third-order valence-corrected chi connectivity index (χ3v) is 7.06. The van der Waals surface area contributed by atoms with Crippen LogP contribution in [0.2, 0.25) is 0 Å². The first-order valence-corrected chi connectivity index (χ1v) is 11.6. The van der Waals surface area contributed by atoms with Gasteiger partial charge in [-0.05, 0) is 36.2 Å². The fourth-order valence-electron chi connectivity index (χ4n) is 3.38. The molecule has 0 spiro atoms. The number of aromatic nitrogens is 2. The number of fused-ring (bicyclic) bond motifs is 2. The molecular formula is C23H19N3O3S2. The Kier molecular flexibility index (Phi) is 5.48. The van der Waals surface area contributed by atoms with E-state index >= 15 is 0 Å². The number of rotatable bonds is 6. The van der Waals surface area contributed by atoms with Crippen LogP contribution in [-0.4, -0.2) is 28.4 Å². The number of hydrogen-bond donors (Lipinski definition) is 1. The van der Waals surface area contributed by atoms with Gasteiger partial charge in [0, 0.05) is 10.3 Å². The van der Waals surface area contributed by atoms with Gasteiger partial charge in [-0.1, -0.05) is 48.2 Å². The summed E-state index contributed by atoms with van der Waals surface area (Å²) in [6, 6.07) is 17.9. The van der Waals surface area contributed by atoms with Gasteiger partial charge in [0.05, 0.1) is 11.8 Å². The van der Waals surface area contributed by atoms with Crippen molar-refractivity contribution < 1.29 is 14.3 Å². The Bertz CT molecular complexity index is 1240.